The third-order valence-corrected chi connectivity index (χ3v) is 6.44. The Kier molecular flexibility index (Phi) is 6.39. The van der Waals surface area contributed by atoms with E-state index in [-0.39, 0.29) is 24.1 Å². The van der Waals surface area contributed by atoms with E-state index in [9.17, 15) is 9.59 Å². The fourth-order valence-corrected chi connectivity index (χ4v) is 4.59. The minimum Gasteiger partial charge on any atom is -0.383 e. The van der Waals surface area contributed by atoms with E-state index in [2.05, 4.69) is 15.3 Å². The standard InChI is InChI=1S/C20H23N5O2S2/c1-11-5-7-14(8-6-11)22-15(26)9-25(4)16(27)10-28-20-23-18(21)17-12(2)13(3)29-19(17)24-20/h5-8H,9-10H2,1-4H3,(H,22,26)(H2,21,23,24). The highest BCUT2D eigenvalue weighted by Crippen LogP contribution is 2.33. The van der Waals surface area contributed by atoms with Gasteiger partial charge in [-0.1, -0.05) is 29.5 Å². The number of likely N-dealkylation sites (N-methyl/N-ethyl adjacent to an activating group) is 1. The molecule has 0 bridgehead atoms. The number of hydrogen-bond donors (Lipinski definition) is 2. The second kappa shape index (κ2) is 8.79. The van der Waals surface area contributed by atoms with Crippen molar-refractivity contribution in [2.45, 2.75) is 25.9 Å². The fraction of sp³-hybridized carbons (Fsp3) is 0.300. The summed E-state index contributed by atoms with van der Waals surface area (Å²) in [7, 11) is 1.60. The summed E-state index contributed by atoms with van der Waals surface area (Å²) in [5, 5.41) is 4.13. The topological polar surface area (TPSA) is 101 Å². The first-order valence-corrected chi connectivity index (χ1v) is 10.8. The number of nitrogens with zero attached hydrogens (tertiary/aromatic N) is 3. The Balaban J connectivity index is 1.56. The molecule has 0 aliphatic heterocycles. The van der Waals surface area contributed by atoms with Gasteiger partial charge in [0.15, 0.2) is 5.16 Å². The van der Waals surface area contributed by atoms with Gasteiger partial charge in [0.2, 0.25) is 11.8 Å². The van der Waals surface area contributed by atoms with Crippen molar-refractivity contribution in [3.8, 4) is 0 Å². The Bertz CT molecular complexity index is 1060. The monoisotopic (exact) mass is 429 g/mol. The Morgan fingerprint density at radius 1 is 1.17 bits per heavy atom. The van der Waals surface area contributed by atoms with Gasteiger partial charge in [0.1, 0.15) is 10.6 Å². The number of thioether (sulfide) groups is 1. The van der Waals surface area contributed by atoms with Crippen molar-refractivity contribution in [3.63, 3.8) is 0 Å². The molecule has 0 atom stereocenters. The zero-order valence-corrected chi connectivity index (χ0v) is 18.4. The number of nitrogens with one attached hydrogen (secondary N) is 1. The molecule has 0 radical (unpaired) electrons. The lowest BCUT2D eigenvalue weighted by Gasteiger charge is -2.16. The van der Waals surface area contributed by atoms with Crippen LogP contribution in [0.5, 0.6) is 0 Å². The number of carbonyl (C=O) groups is 2. The van der Waals surface area contributed by atoms with Crippen molar-refractivity contribution in [2.24, 2.45) is 0 Å². The molecular formula is C20H23N5O2S2. The maximum Gasteiger partial charge on any atom is 0.243 e. The van der Waals surface area contributed by atoms with E-state index < -0.39 is 0 Å². The number of fused-ring (bicyclic) bond motifs is 1. The summed E-state index contributed by atoms with van der Waals surface area (Å²) in [6.45, 7) is 5.97. The zero-order chi connectivity index (χ0) is 21.1. The molecule has 7 nitrogen and oxygen atoms in total. The van der Waals surface area contributed by atoms with E-state index >= 15 is 0 Å². The van der Waals surface area contributed by atoms with Gasteiger partial charge in [0.05, 0.1) is 17.7 Å². The number of hydrogen-bond acceptors (Lipinski definition) is 7. The average Bonchev–Trinajstić information content (AvgIpc) is 2.95. The molecular weight excluding hydrogens is 406 g/mol. The van der Waals surface area contributed by atoms with Gasteiger partial charge in [-0.3, -0.25) is 9.59 Å². The van der Waals surface area contributed by atoms with E-state index in [1.54, 1.807) is 18.4 Å². The summed E-state index contributed by atoms with van der Waals surface area (Å²) in [6.07, 6.45) is 0. The summed E-state index contributed by atoms with van der Waals surface area (Å²) < 4.78 is 0. The third kappa shape index (κ3) is 5.04. The van der Waals surface area contributed by atoms with Gasteiger partial charge in [-0.25, -0.2) is 9.97 Å². The van der Waals surface area contributed by atoms with Gasteiger partial charge >= 0.3 is 0 Å². The van der Waals surface area contributed by atoms with Crippen LogP contribution in [0.1, 0.15) is 16.0 Å². The number of nitrogen functional groups attached to an aromatic ring is 1. The minimum atomic E-state index is -0.249. The molecule has 2 aromatic heterocycles. The second-order valence-electron chi connectivity index (χ2n) is 6.81. The Morgan fingerprint density at radius 2 is 1.86 bits per heavy atom. The van der Waals surface area contributed by atoms with Crippen LogP contribution in [0.25, 0.3) is 10.2 Å². The van der Waals surface area contributed by atoms with Gasteiger partial charge in [-0.2, -0.15) is 0 Å². The van der Waals surface area contributed by atoms with Gasteiger partial charge in [-0.15, -0.1) is 11.3 Å². The highest BCUT2D eigenvalue weighted by atomic mass is 32.2. The summed E-state index contributed by atoms with van der Waals surface area (Å²) in [4.78, 5) is 36.8. The van der Waals surface area contributed by atoms with E-state index in [1.807, 2.05) is 45.0 Å². The first-order chi connectivity index (χ1) is 13.7. The molecule has 3 aromatic rings. The SMILES string of the molecule is Cc1ccc(NC(=O)CN(C)C(=O)CSc2nc(N)c3c(C)c(C)sc3n2)cc1. The first kappa shape index (κ1) is 21.1. The molecule has 2 heterocycles. The normalized spacial score (nSPS) is 10.9. The number of thiophene rings is 1. The molecule has 0 fully saturated rings. The van der Waals surface area contributed by atoms with Crippen LogP contribution in [0.2, 0.25) is 0 Å². The minimum absolute atomic E-state index is 0.0292. The third-order valence-electron chi connectivity index (χ3n) is 4.50. The van der Waals surface area contributed by atoms with Gasteiger partial charge in [0.25, 0.3) is 0 Å². The molecule has 3 rings (SSSR count). The number of aromatic nitrogens is 2. The van der Waals surface area contributed by atoms with Crippen LogP contribution < -0.4 is 11.1 Å². The van der Waals surface area contributed by atoms with Crippen LogP contribution in [-0.4, -0.2) is 46.0 Å². The predicted octanol–water partition coefficient (Wildman–Crippen LogP) is 3.39. The van der Waals surface area contributed by atoms with Gasteiger partial charge in [0, 0.05) is 17.6 Å². The Labute approximate surface area is 177 Å². The van der Waals surface area contributed by atoms with Crippen molar-refractivity contribution in [2.75, 3.05) is 30.4 Å². The number of benzene rings is 1. The van der Waals surface area contributed by atoms with Crippen LogP contribution in [0.4, 0.5) is 11.5 Å². The number of nitrogens with two attached hydrogens (primary N) is 1. The highest BCUT2D eigenvalue weighted by molar-refractivity contribution is 7.99. The van der Waals surface area contributed by atoms with E-state index in [0.717, 1.165) is 26.2 Å². The molecule has 1 aromatic carbocycles. The number of carbonyl (C=O) groups excluding carboxylic acids is 2. The summed E-state index contributed by atoms with van der Waals surface area (Å²) in [6, 6.07) is 7.49. The molecule has 3 N–H and O–H groups in total. The molecule has 29 heavy (non-hydrogen) atoms. The van der Waals surface area contributed by atoms with E-state index in [4.69, 9.17) is 5.73 Å². The molecule has 0 aliphatic rings. The lowest BCUT2D eigenvalue weighted by atomic mass is 10.2. The van der Waals surface area contributed by atoms with Crippen LogP contribution in [-0.2, 0) is 9.59 Å². The Hall–Kier alpha value is -2.65. The molecule has 152 valence electrons. The molecule has 0 saturated carbocycles. The Morgan fingerprint density at radius 3 is 2.55 bits per heavy atom. The number of anilines is 2. The maximum absolute atomic E-state index is 12.4. The van der Waals surface area contributed by atoms with Crippen LogP contribution in [0.15, 0.2) is 29.4 Å². The van der Waals surface area contributed by atoms with Gasteiger partial charge in [-0.05, 0) is 38.5 Å². The van der Waals surface area contributed by atoms with Crippen molar-refractivity contribution in [1.29, 1.82) is 0 Å². The van der Waals surface area contributed by atoms with Crippen LogP contribution in [0, 0.1) is 20.8 Å². The first-order valence-electron chi connectivity index (χ1n) is 9.01. The molecule has 0 spiro atoms. The fourth-order valence-electron chi connectivity index (χ4n) is 2.70. The van der Waals surface area contributed by atoms with Crippen molar-refractivity contribution < 1.29 is 9.59 Å². The van der Waals surface area contributed by atoms with Crippen LogP contribution >= 0.6 is 23.1 Å². The molecule has 2 amide bonds. The largest absolute Gasteiger partial charge is 0.383 e. The van der Waals surface area contributed by atoms with Gasteiger partial charge < -0.3 is 16.0 Å². The highest BCUT2D eigenvalue weighted by Gasteiger charge is 2.16. The van der Waals surface area contributed by atoms with E-state index in [1.165, 1.54) is 16.7 Å². The van der Waals surface area contributed by atoms with Crippen molar-refractivity contribution >= 4 is 56.6 Å². The lowest BCUT2D eigenvalue weighted by molar-refractivity contribution is -0.131. The second-order valence-corrected chi connectivity index (χ2v) is 8.95. The summed E-state index contributed by atoms with van der Waals surface area (Å²) in [5.74, 6) is 0.122. The number of aryl methyl sites for hydroxylation is 3. The van der Waals surface area contributed by atoms with Crippen molar-refractivity contribution in [1.82, 2.24) is 14.9 Å². The predicted molar refractivity (Wildman–Crippen MR) is 119 cm³/mol. The lowest BCUT2D eigenvalue weighted by Crippen LogP contribution is -2.36. The maximum atomic E-state index is 12.4. The average molecular weight is 430 g/mol. The van der Waals surface area contributed by atoms with Crippen LogP contribution in [0.3, 0.4) is 0 Å². The molecule has 9 heteroatoms. The van der Waals surface area contributed by atoms with Crippen molar-refractivity contribution in [3.05, 3.63) is 40.3 Å². The number of amides is 2. The summed E-state index contributed by atoms with van der Waals surface area (Å²) in [5.41, 5.74) is 8.99. The smallest absolute Gasteiger partial charge is 0.243 e. The molecule has 0 saturated heterocycles. The molecule has 0 unspecified atom stereocenters. The zero-order valence-electron chi connectivity index (χ0n) is 16.8. The van der Waals surface area contributed by atoms with E-state index in [0.29, 0.717) is 16.7 Å². The quantitative estimate of drug-likeness (QED) is 0.460. The molecule has 0 aliphatic carbocycles. The number of rotatable bonds is 6. The summed E-state index contributed by atoms with van der Waals surface area (Å²) >= 11 is 2.78.